The monoisotopic (exact) mass is 462 g/mol. The predicted octanol–water partition coefficient (Wildman–Crippen LogP) is 2.75. The van der Waals surface area contributed by atoms with Gasteiger partial charge in [-0.2, -0.15) is 0 Å². The van der Waals surface area contributed by atoms with Crippen LogP contribution in [0.15, 0.2) is 41.0 Å². The normalized spacial score (nSPS) is 35.7. The van der Waals surface area contributed by atoms with E-state index in [-0.39, 0.29) is 23.7 Å². The Morgan fingerprint density at radius 1 is 1.24 bits per heavy atom. The van der Waals surface area contributed by atoms with E-state index in [1.807, 2.05) is 6.07 Å². The second-order valence-corrected chi connectivity index (χ2v) is 10.8. The number of piperidine rings is 1. The molecule has 1 saturated heterocycles. The first-order valence-corrected chi connectivity index (χ1v) is 12.5. The van der Waals surface area contributed by atoms with Gasteiger partial charge in [0.2, 0.25) is 5.91 Å². The van der Waals surface area contributed by atoms with E-state index in [4.69, 9.17) is 9.15 Å². The van der Waals surface area contributed by atoms with Gasteiger partial charge in [-0.3, -0.25) is 9.69 Å². The van der Waals surface area contributed by atoms with E-state index in [0.29, 0.717) is 24.4 Å². The molecule has 0 unspecified atom stereocenters. The Kier molecular flexibility index (Phi) is 4.31. The molecule has 3 fully saturated rings. The molecular weight excluding hydrogens is 432 g/mol. The van der Waals surface area contributed by atoms with Crippen LogP contribution in [-0.2, 0) is 16.6 Å². The number of likely N-dealkylation sites (tertiary alicyclic amines) is 1. The first-order chi connectivity index (χ1) is 16.5. The highest BCUT2D eigenvalue weighted by Crippen LogP contribution is 2.65. The van der Waals surface area contributed by atoms with Gasteiger partial charge in [0.1, 0.15) is 11.9 Å². The third-order valence-corrected chi connectivity index (χ3v) is 9.03. The lowest BCUT2D eigenvalue weighted by atomic mass is 9.48. The number of phenolic OH excluding ortho intramolecular Hbond substituents is 1. The van der Waals surface area contributed by atoms with Gasteiger partial charge in [-0.15, -0.1) is 0 Å². The molecule has 2 aromatic rings. The second-order valence-electron chi connectivity index (χ2n) is 10.8. The first-order valence-electron chi connectivity index (χ1n) is 12.5. The highest BCUT2D eigenvalue weighted by molar-refractivity contribution is 5.91. The number of phenols is 1. The van der Waals surface area contributed by atoms with Crippen LogP contribution < -0.4 is 10.1 Å². The summed E-state index contributed by atoms with van der Waals surface area (Å²) < 4.78 is 11.8. The number of benzene rings is 1. The largest absolute Gasteiger partial charge is 0.504 e. The van der Waals surface area contributed by atoms with Crippen LogP contribution in [0.4, 0.5) is 0 Å². The molecule has 1 aromatic carbocycles. The fourth-order valence-electron chi connectivity index (χ4n) is 7.40. The summed E-state index contributed by atoms with van der Waals surface area (Å²) in [7, 11) is 0. The van der Waals surface area contributed by atoms with Gasteiger partial charge < -0.3 is 24.7 Å². The number of carbonyl (C=O) groups excluding carboxylic acids is 1. The van der Waals surface area contributed by atoms with Crippen molar-refractivity contribution in [1.29, 1.82) is 0 Å². The molecule has 3 heterocycles. The summed E-state index contributed by atoms with van der Waals surface area (Å²) in [6, 6.07) is 7.06. The van der Waals surface area contributed by atoms with E-state index in [9.17, 15) is 15.0 Å². The highest BCUT2D eigenvalue weighted by atomic mass is 16.5. The Balaban J connectivity index is 1.25. The van der Waals surface area contributed by atoms with Crippen molar-refractivity contribution in [2.24, 2.45) is 5.92 Å². The molecule has 1 spiro atoms. The van der Waals surface area contributed by atoms with Crippen molar-refractivity contribution in [3.63, 3.8) is 0 Å². The molecule has 7 rings (SSSR count). The van der Waals surface area contributed by atoms with Crippen molar-refractivity contribution in [3.05, 3.63) is 53.5 Å². The smallest absolute Gasteiger partial charge is 0.244 e. The molecule has 3 aliphatic carbocycles. The Labute approximate surface area is 198 Å². The SMILES string of the molecule is O=C(/C=C/c1ccco1)N[C@H]1CC[C@@]2(O)[C@H]3Cc4ccc(O)c5c4[C@@]2(CCN3CC2CC2)[C@H]1O5. The van der Waals surface area contributed by atoms with Crippen LogP contribution in [0.1, 0.15) is 49.0 Å². The zero-order valence-electron chi connectivity index (χ0n) is 19.1. The summed E-state index contributed by atoms with van der Waals surface area (Å²) in [5.41, 5.74) is 0.574. The lowest BCUT2D eigenvalue weighted by molar-refractivity contribution is -0.192. The van der Waals surface area contributed by atoms with Crippen LogP contribution in [0, 0.1) is 5.92 Å². The minimum atomic E-state index is -0.942. The number of ether oxygens (including phenoxy) is 1. The Bertz CT molecular complexity index is 1170. The number of aliphatic hydroxyl groups is 1. The Hall–Kier alpha value is -2.77. The number of hydrogen-bond acceptors (Lipinski definition) is 6. The molecule has 3 N–H and O–H groups in total. The third-order valence-electron chi connectivity index (χ3n) is 9.03. The minimum absolute atomic E-state index is 0.0337. The van der Waals surface area contributed by atoms with Crippen molar-refractivity contribution >= 4 is 12.0 Å². The van der Waals surface area contributed by atoms with E-state index < -0.39 is 17.1 Å². The lowest BCUT2D eigenvalue weighted by Gasteiger charge is -2.64. The predicted molar refractivity (Wildman–Crippen MR) is 124 cm³/mol. The molecule has 7 nitrogen and oxygen atoms in total. The second kappa shape index (κ2) is 7.12. The molecule has 1 amide bonds. The number of carbonyl (C=O) groups is 1. The molecule has 7 heteroatoms. The van der Waals surface area contributed by atoms with Crippen LogP contribution in [-0.4, -0.2) is 57.9 Å². The summed E-state index contributed by atoms with van der Waals surface area (Å²) in [5.74, 6) is 1.77. The average Bonchev–Trinajstić information content (AvgIpc) is 3.33. The van der Waals surface area contributed by atoms with Gasteiger partial charge in [-0.05, 0) is 80.8 Å². The number of rotatable bonds is 5. The van der Waals surface area contributed by atoms with E-state index >= 15 is 0 Å². The van der Waals surface area contributed by atoms with Gasteiger partial charge in [-0.1, -0.05) is 6.07 Å². The molecule has 1 aromatic heterocycles. The number of furan rings is 1. The molecular formula is C27H30N2O5. The van der Waals surface area contributed by atoms with Crippen LogP contribution in [0.2, 0.25) is 0 Å². The molecule has 5 atom stereocenters. The molecule has 5 aliphatic rings. The standard InChI is InChI=1S/C27H30N2O5/c30-20-7-5-17-14-21-27(32)10-9-19(28-22(31)8-6-18-2-1-13-33-18)25-26(27,23(17)24(20)34-25)11-12-29(21)15-16-3-4-16/h1-2,5-8,13,16,19,21,25,30,32H,3-4,9-12,14-15H2,(H,28,31)/b8-6+/t19-,21+,25-,26-,27+/m0/s1. The van der Waals surface area contributed by atoms with Crippen molar-refractivity contribution in [2.75, 3.05) is 13.1 Å². The number of hydrogen-bond donors (Lipinski definition) is 3. The molecule has 178 valence electrons. The molecule has 2 saturated carbocycles. The van der Waals surface area contributed by atoms with Crippen molar-refractivity contribution < 1.29 is 24.2 Å². The zero-order chi connectivity index (χ0) is 23.1. The Morgan fingerprint density at radius 2 is 2.12 bits per heavy atom. The van der Waals surface area contributed by atoms with Gasteiger partial charge in [0.25, 0.3) is 0 Å². The quantitative estimate of drug-likeness (QED) is 0.592. The lowest BCUT2D eigenvalue weighted by Crippen LogP contribution is -2.78. The van der Waals surface area contributed by atoms with Crippen LogP contribution in [0.3, 0.4) is 0 Å². The maximum absolute atomic E-state index is 12.8. The first kappa shape index (κ1) is 20.6. The number of nitrogens with zero attached hydrogens (tertiary/aromatic N) is 1. The van der Waals surface area contributed by atoms with Gasteiger partial charge in [-0.25, -0.2) is 0 Å². The summed E-state index contributed by atoms with van der Waals surface area (Å²) in [4.78, 5) is 15.3. The molecule has 34 heavy (non-hydrogen) atoms. The topological polar surface area (TPSA) is 95.2 Å². The minimum Gasteiger partial charge on any atom is -0.504 e. The maximum Gasteiger partial charge on any atom is 0.244 e. The van der Waals surface area contributed by atoms with Crippen LogP contribution in [0.5, 0.6) is 11.5 Å². The average molecular weight is 463 g/mol. The number of aromatic hydroxyl groups is 1. The number of amides is 1. The van der Waals surface area contributed by atoms with Gasteiger partial charge >= 0.3 is 0 Å². The summed E-state index contributed by atoms with van der Waals surface area (Å²) >= 11 is 0. The van der Waals surface area contributed by atoms with Gasteiger partial charge in [0.15, 0.2) is 11.5 Å². The molecule has 0 radical (unpaired) electrons. The Morgan fingerprint density at radius 3 is 2.91 bits per heavy atom. The van der Waals surface area contributed by atoms with Crippen LogP contribution >= 0.6 is 0 Å². The van der Waals surface area contributed by atoms with Gasteiger partial charge in [0, 0.05) is 24.2 Å². The highest BCUT2D eigenvalue weighted by Gasteiger charge is 2.73. The zero-order valence-corrected chi connectivity index (χ0v) is 19.1. The summed E-state index contributed by atoms with van der Waals surface area (Å²) in [5, 5.41) is 26.3. The number of nitrogens with one attached hydrogen (secondary N) is 1. The van der Waals surface area contributed by atoms with Crippen LogP contribution in [0.25, 0.3) is 6.08 Å². The summed E-state index contributed by atoms with van der Waals surface area (Å²) in [6.07, 6.45) is 9.60. The van der Waals surface area contributed by atoms with Crippen molar-refractivity contribution in [2.45, 2.75) is 67.7 Å². The van der Waals surface area contributed by atoms with Gasteiger partial charge in [0.05, 0.1) is 23.3 Å². The fourth-order valence-corrected chi connectivity index (χ4v) is 7.40. The fraction of sp³-hybridized carbons (Fsp3) is 0.519. The van der Waals surface area contributed by atoms with Crippen molar-refractivity contribution in [1.82, 2.24) is 10.2 Å². The maximum atomic E-state index is 12.8. The van der Waals surface area contributed by atoms with Crippen molar-refractivity contribution in [3.8, 4) is 11.5 Å². The molecule has 2 bridgehead atoms. The van der Waals surface area contributed by atoms with E-state index in [2.05, 4.69) is 10.2 Å². The van der Waals surface area contributed by atoms with E-state index in [1.165, 1.54) is 18.9 Å². The van der Waals surface area contributed by atoms with E-state index in [0.717, 1.165) is 43.0 Å². The van der Waals surface area contributed by atoms with E-state index in [1.54, 1.807) is 30.5 Å². The third kappa shape index (κ3) is 2.74. The molecule has 2 aliphatic heterocycles. The summed E-state index contributed by atoms with van der Waals surface area (Å²) in [6.45, 7) is 1.95.